The van der Waals surface area contributed by atoms with Crippen molar-refractivity contribution >= 4 is 0 Å². The van der Waals surface area contributed by atoms with Crippen LogP contribution in [0.3, 0.4) is 0 Å². The fourth-order valence-electron chi connectivity index (χ4n) is 1.13. The first-order valence-electron chi connectivity index (χ1n) is 3.18. The molecular formula is C6H13N2Y-. The van der Waals surface area contributed by atoms with Gasteiger partial charge in [0.15, 0.2) is 0 Å². The number of nitrogens with zero attached hydrogens (tertiary/aromatic N) is 1. The third-order valence-electron chi connectivity index (χ3n) is 1.51. The minimum Gasteiger partial charge on any atom is -0.661 e. The van der Waals surface area contributed by atoms with E-state index in [-0.39, 0.29) is 32.7 Å². The van der Waals surface area contributed by atoms with E-state index in [2.05, 4.69) is 12.2 Å². The number of piperidine rings is 1. The van der Waals surface area contributed by atoms with Gasteiger partial charge in [-0.2, -0.15) is 0 Å². The summed E-state index contributed by atoms with van der Waals surface area (Å²) < 4.78 is 0. The molecule has 0 spiro atoms. The molecule has 0 aromatic rings. The van der Waals surface area contributed by atoms with Crippen molar-refractivity contribution in [1.29, 1.82) is 0 Å². The van der Waals surface area contributed by atoms with Crippen molar-refractivity contribution in [2.45, 2.75) is 19.4 Å². The van der Waals surface area contributed by atoms with Crippen LogP contribution in [0.5, 0.6) is 0 Å². The zero-order valence-electron chi connectivity index (χ0n) is 5.88. The molecule has 2 atom stereocenters. The van der Waals surface area contributed by atoms with Crippen LogP contribution in [0.25, 0.3) is 5.32 Å². The second-order valence-corrected chi connectivity index (χ2v) is 2.69. The maximum atomic E-state index is 5.63. The Morgan fingerprint density at radius 3 is 2.44 bits per heavy atom. The zero-order valence-corrected chi connectivity index (χ0v) is 8.72. The molecule has 51 valence electrons. The molecule has 0 aromatic heterocycles. The van der Waals surface area contributed by atoms with Crippen molar-refractivity contribution in [3.8, 4) is 0 Å². The predicted octanol–water partition coefficient (Wildman–Crippen LogP) is 0.725. The van der Waals surface area contributed by atoms with Crippen LogP contribution < -0.4 is 5.73 Å². The van der Waals surface area contributed by atoms with Gasteiger partial charge in [0.1, 0.15) is 0 Å². The molecule has 0 amide bonds. The van der Waals surface area contributed by atoms with E-state index >= 15 is 0 Å². The maximum Gasteiger partial charge on any atom is 0 e. The van der Waals surface area contributed by atoms with Gasteiger partial charge in [-0.3, -0.25) is 0 Å². The second-order valence-electron chi connectivity index (χ2n) is 2.69. The summed E-state index contributed by atoms with van der Waals surface area (Å²) in [7, 11) is 0. The van der Waals surface area contributed by atoms with Crippen LogP contribution in [0.1, 0.15) is 13.3 Å². The minimum atomic E-state index is 0. The zero-order chi connectivity index (χ0) is 5.98. The van der Waals surface area contributed by atoms with Crippen LogP contribution in [-0.2, 0) is 32.7 Å². The summed E-state index contributed by atoms with van der Waals surface area (Å²) in [6.07, 6.45) is 1.16. The molecule has 0 bridgehead atoms. The molecule has 0 aromatic carbocycles. The maximum absolute atomic E-state index is 5.63. The van der Waals surface area contributed by atoms with E-state index in [0.717, 1.165) is 25.4 Å². The summed E-state index contributed by atoms with van der Waals surface area (Å²) in [5.41, 5.74) is 5.63. The van der Waals surface area contributed by atoms with Crippen LogP contribution in [0.15, 0.2) is 0 Å². The van der Waals surface area contributed by atoms with Crippen LogP contribution in [-0.4, -0.2) is 19.1 Å². The topological polar surface area (TPSA) is 40.1 Å². The molecule has 3 heteroatoms. The average molecular weight is 202 g/mol. The molecule has 1 fully saturated rings. The first kappa shape index (κ1) is 10.0. The van der Waals surface area contributed by atoms with Crippen molar-refractivity contribution < 1.29 is 32.7 Å². The van der Waals surface area contributed by atoms with Crippen LogP contribution in [0.2, 0.25) is 0 Å². The van der Waals surface area contributed by atoms with E-state index in [1.165, 1.54) is 0 Å². The molecule has 1 rings (SSSR count). The molecule has 1 radical (unpaired) electrons. The Kier molecular flexibility index (Phi) is 5.32. The monoisotopic (exact) mass is 202 g/mol. The molecular weight excluding hydrogens is 189 g/mol. The molecule has 2 unspecified atom stereocenters. The van der Waals surface area contributed by atoms with Crippen LogP contribution in [0.4, 0.5) is 0 Å². The summed E-state index contributed by atoms with van der Waals surface area (Å²) >= 11 is 0. The van der Waals surface area contributed by atoms with Gasteiger partial charge in [-0.05, 0) is 12.5 Å². The smallest absolute Gasteiger partial charge is 0 e. The first-order valence-corrected chi connectivity index (χ1v) is 3.18. The molecule has 0 aliphatic carbocycles. The van der Waals surface area contributed by atoms with Crippen molar-refractivity contribution in [3.63, 3.8) is 0 Å². The van der Waals surface area contributed by atoms with Crippen molar-refractivity contribution in [3.05, 3.63) is 5.32 Å². The van der Waals surface area contributed by atoms with Crippen LogP contribution >= 0.6 is 0 Å². The Hall–Kier alpha value is 1.02. The van der Waals surface area contributed by atoms with Gasteiger partial charge in [0, 0.05) is 32.7 Å². The fraction of sp³-hybridized carbons (Fsp3) is 1.00. The molecule has 1 heterocycles. The SMILES string of the molecule is CC1C[N-]CC(N)C1.[Y]. The third kappa shape index (κ3) is 3.66. The Balaban J connectivity index is 0.000000640. The number of rotatable bonds is 0. The van der Waals surface area contributed by atoms with Gasteiger partial charge < -0.3 is 11.1 Å². The Bertz CT molecular complexity index is 69.5. The molecule has 2 nitrogen and oxygen atoms in total. The Morgan fingerprint density at radius 1 is 1.44 bits per heavy atom. The summed E-state index contributed by atoms with van der Waals surface area (Å²) in [5.74, 6) is 0.721. The first-order chi connectivity index (χ1) is 3.79. The van der Waals surface area contributed by atoms with Crippen molar-refractivity contribution in [1.82, 2.24) is 0 Å². The van der Waals surface area contributed by atoms with E-state index in [4.69, 9.17) is 5.73 Å². The molecule has 0 saturated carbocycles. The van der Waals surface area contributed by atoms with E-state index < -0.39 is 0 Å². The minimum absolute atomic E-state index is 0. The number of hydrogen-bond acceptors (Lipinski definition) is 1. The van der Waals surface area contributed by atoms with Crippen molar-refractivity contribution in [2.75, 3.05) is 13.1 Å². The fourth-order valence-corrected chi connectivity index (χ4v) is 1.13. The molecule has 1 aliphatic rings. The van der Waals surface area contributed by atoms with Gasteiger partial charge in [-0.1, -0.05) is 12.8 Å². The summed E-state index contributed by atoms with van der Waals surface area (Å²) in [6, 6.07) is 0.346. The molecule has 2 N–H and O–H groups in total. The quantitative estimate of drug-likeness (QED) is 0.617. The van der Waals surface area contributed by atoms with E-state index in [1.54, 1.807) is 0 Å². The molecule has 1 saturated heterocycles. The molecule has 9 heavy (non-hydrogen) atoms. The van der Waals surface area contributed by atoms with Gasteiger partial charge in [0.05, 0.1) is 0 Å². The number of nitrogens with two attached hydrogens (primary N) is 1. The second kappa shape index (κ2) is 4.78. The summed E-state index contributed by atoms with van der Waals surface area (Å²) in [4.78, 5) is 0. The standard InChI is InChI=1S/C6H13N2.Y/c1-5-2-6(7)4-8-3-5;/h5-6H,2-4,7H2,1H3;/q-1;. The van der Waals surface area contributed by atoms with Gasteiger partial charge in [-0.15, -0.1) is 13.1 Å². The Morgan fingerprint density at radius 2 is 2.11 bits per heavy atom. The Labute approximate surface area is 81.8 Å². The van der Waals surface area contributed by atoms with E-state index in [1.807, 2.05) is 0 Å². The van der Waals surface area contributed by atoms with Gasteiger partial charge in [0.2, 0.25) is 0 Å². The van der Waals surface area contributed by atoms with Gasteiger partial charge >= 0.3 is 0 Å². The van der Waals surface area contributed by atoms with Gasteiger partial charge in [-0.25, -0.2) is 0 Å². The van der Waals surface area contributed by atoms with E-state index in [0.29, 0.717) is 6.04 Å². The van der Waals surface area contributed by atoms with Crippen LogP contribution in [0, 0.1) is 5.92 Å². The third-order valence-corrected chi connectivity index (χ3v) is 1.51. The largest absolute Gasteiger partial charge is 0.661 e. The average Bonchev–Trinajstić information content (AvgIpc) is 1.64. The summed E-state index contributed by atoms with van der Waals surface area (Å²) in [5, 5.41) is 4.21. The van der Waals surface area contributed by atoms with E-state index in [9.17, 15) is 0 Å². The summed E-state index contributed by atoms with van der Waals surface area (Å²) in [6.45, 7) is 4.10. The molecule has 1 aliphatic heterocycles. The number of hydrogen-bond donors (Lipinski definition) is 1. The predicted molar refractivity (Wildman–Crippen MR) is 34.8 cm³/mol. The van der Waals surface area contributed by atoms with Crippen molar-refractivity contribution in [2.24, 2.45) is 11.7 Å². The van der Waals surface area contributed by atoms with Gasteiger partial charge in [0.25, 0.3) is 0 Å². The normalized spacial score (nSPS) is 35.3.